The van der Waals surface area contributed by atoms with Gasteiger partial charge in [-0.2, -0.15) is 0 Å². The largest absolute Gasteiger partial charge is 0.467 e. The van der Waals surface area contributed by atoms with Gasteiger partial charge in [0.05, 0.1) is 18.8 Å². The first-order chi connectivity index (χ1) is 7.15. The number of rotatable bonds is 4. The Morgan fingerprint density at radius 1 is 1.80 bits per heavy atom. The van der Waals surface area contributed by atoms with Gasteiger partial charge in [0.1, 0.15) is 5.76 Å². The second-order valence-electron chi connectivity index (χ2n) is 3.29. The molecule has 1 aromatic rings. The molecule has 0 spiro atoms. The van der Waals surface area contributed by atoms with Gasteiger partial charge in [0, 0.05) is 13.5 Å². The predicted molar refractivity (Wildman–Crippen MR) is 56.6 cm³/mol. The Balaban J connectivity index is 2.50. The third-order valence-corrected chi connectivity index (χ3v) is 2.00. The van der Waals surface area contributed by atoms with Crippen molar-refractivity contribution in [2.45, 2.75) is 19.0 Å². The van der Waals surface area contributed by atoms with Gasteiger partial charge in [0.15, 0.2) is 0 Å². The van der Waals surface area contributed by atoms with E-state index in [9.17, 15) is 4.79 Å². The molecule has 4 heteroatoms. The lowest BCUT2D eigenvalue weighted by Gasteiger charge is -2.18. The van der Waals surface area contributed by atoms with Gasteiger partial charge in [-0.3, -0.25) is 4.79 Å². The fourth-order valence-corrected chi connectivity index (χ4v) is 1.21. The molecule has 1 heterocycles. The monoisotopic (exact) mass is 206 g/mol. The molecule has 4 nitrogen and oxygen atoms in total. The van der Waals surface area contributed by atoms with Gasteiger partial charge in [-0.15, -0.1) is 12.3 Å². The van der Waals surface area contributed by atoms with Gasteiger partial charge >= 0.3 is 0 Å². The van der Waals surface area contributed by atoms with Gasteiger partial charge < -0.3 is 15.1 Å². The average molecular weight is 206 g/mol. The lowest BCUT2D eigenvalue weighted by Crippen LogP contribution is -2.41. The van der Waals surface area contributed by atoms with Crippen LogP contribution in [0.4, 0.5) is 0 Å². The Hall–Kier alpha value is -1.73. The second kappa shape index (κ2) is 5.23. The van der Waals surface area contributed by atoms with E-state index in [2.05, 4.69) is 5.92 Å². The Morgan fingerprint density at radius 3 is 3.07 bits per heavy atom. The van der Waals surface area contributed by atoms with Crippen LogP contribution < -0.4 is 5.73 Å². The minimum Gasteiger partial charge on any atom is -0.467 e. The van der Waals surface area contributed by atoms with Gasteiger partial charge in [-0.25, -0.2) is 0 Å². The number of hydrogen-bond acceptors (Lipinski definition) is 3. The van der Waals surface area contributed by atoms with E-state index in [-0.39, 0.29) is 12.3 Å². The van der Waals surface area contributed by atoms with E-state index in [1.54, 1.807) is 25.4 Å². The minimum absolute atomic E-state index is 0.177. The Morgan fingerprint density at radius 2 is 2.53 bits per heavy atom. The van der Waals surface area contributed by atoms with Crippen LogP contribution in [-0.2, 0) is 11.3 Å². The van der Waals surface area contributed by atoms with E-state index in [1.165, 1.54) is 4.90 Å². The number of carbonyl (C=O) groups is 1. The maximum atomic E-state index is 11.6. The van der Waals surface area contributed by atoms with Crippen molar-refractivity contribution >= 4 is 5.91 Å². The van der Waals surface area contributed by atoms with E-state index in [1.807, 2.05) is 0 Å². The van der Waals surface area contributed by atoms with Crippen molar-refractivity contribution in [3.8, 4) is 12.3 Å². The van der Waals surface area contributed by atoms with E-state index < -0.39 is 6.04 Å². The fraction of sp³-hybridized carbons (Fsp3) is 0.364. The molecule has 1 amide bonds. The second-order valence-corrected chi connectivity index (χ2v) is 3.29. The van der Waals surface area contributed by atoms with Crippen molar-refractivity contribution in [2.75, 3.05) is 7.05 Å². The van der Waals surface area contributed by atoms with Crippen LogP contribution in [0.15, 0.2) is 22.8 Å². The Bertz CT molecular complexity index is 351. The number of nitrogens with zero attached hydrogens (tertiary/aromatic N) is 1. The summed E-state index contributed by atoms with van der Waals surface area (Å²) in [5.41, 5.74) is 5.59. The van der Waals surface area contributed by atoms with Gasteiger partial charge in [0.25, 0.3) is 0 Å². The van der Waals surface area contributed by atoms with Gasteiger partial charge in [0.2, 0.25) is 5.91 Å². The smallest absolute Gasteiger partial charge is 0.240 e. The van der Waals surface area contributed by atoms with E-state index in [0.29, 0.717) is 6.54 Å². The van der Waals surface area contributed by atoms with Crippen LogP contribution in [-0.4, -0.2) is 23.9 Å². The van der Waals surface area contributed by atoms with Crippen molar-refractivity contribution in [3.05, 3.63) is 24.2 Å². The van der Waals surface area contributed by atoms with Crippen molar-refractivity contribution in [3.63, 3.8) is 0 Å². The maximum Gasteiger partial charge on any atom is 0.240 e. The number of terminal acetylenes is 1. The number of amides is 1. The molecule has 2 N–H and O–H groups in total. The lowest BCUT2D eigenvalue weighted by molar-refractivity contribution is -0.131. The fourth-order valence-electron chi connectivity index (χ4n) is 1.21. The topological polar surface area (TPSA) is 59.5 Å². The zero-order valence-electron chi connectivity index (χ0n) is 8.64. The summed E-state index contributed by atoms with van der Waals surface area (Å²) >= 11 is 0. The van der Waals surface area contributed by atoms with Crippen LogP contribution >= 0.6 is 0 Å². The summed E-state index contributed by atoms with van der Waals surface area (Å²) in [5.74, 6) is 2.91. The minimum atomic E-state index is -0.630. The van der Waals surface area contributed by atoms with Crippen molar-refractivity contribution < 1.29 is 9.21 Å². The van der Waals surface area contributed by atoms with Crippen molar-refractivity contribution in [1.29, 1.82) is 0 Å². The standard InChI is InChI=1S/C11H14N2O2/c1-3-5-10(12)11(14)13(2)8-9-6-4-7-15-9/h1,4,6-7,10H,5,8,12H2,2H3. The zero-order valence-corrected chi connectivity index (χ0v) is 8.64. The first kappa shape index (κ1) is 11.3. The van der Waals surface area contributed by atoms with Crippen LogP contribution in [0.5, 0.6) is 0 Å². The van der Waals surface area contributed by atoms with Crippen molar-refractivity contribution in [1.82, 2.24) is 4.90 Å². The molecule has 1 rings (SSSR count). The third-order valence-electron chi connectivity index (χ3n) is 2.00. The molecule has 0 saturated carbocycles. The molecule has 0 aromatic carbocycles. The highest BCUT2D eigenvalue weighted by atomic mass is 16.3. The molecular formula is C11H14N2O2. The molecule has 0 aliphatic heterocycles. The molecule has 0 fully saturated rings. The van der Waals surface area contributed by atoms with Gasteiger partial charge in [-0.1, -0.05) is 0 Å². The number of likely N-dealkylation sites (N-methyl/N-ethyl adjacent to an activating group) is 1. The molecule has 0 aliphatic rings. The summed E-state index contributed by atoms with van der Waals surface area (Å²) in [6.07, 6.45) is 6.90. The van der Waals surface area contributed by atoms with Crippen LogP contribution in [0.25, 0.3) is 0 Å². The number of hydrogen-bond donors (Lipinski definition) is 1. The number of carbonyl (C=O) groups excluding carboxylic acids is 1. The highest BCUT2D eigenvalue weighted by Crippen LogP contribution is 2.05. The predicted octanol–water partition coefficient (Wildman–Crippen LogP) is 0.589. The quantitative estimate of drug-likeness (QED) is 0.733. The molecule has 1 unspecified atom stereocenters. The zero-order chi connectivity index (χ0) is 11.3. The van der Waals surface area contributed by atoms with Crippen LogP contribution in [0.3, 0.4) is 0 Å². The molecule has 15 heavy (non-hydrogen) atoms. The normalized spacial score (nSPS) is 11.8. The SMILES string of the molecule is C#CCC(N)C(=O)N(C)Cc1ccco1. The third kappa shape index (κ3) is 3.15. The Kier molecular flexibility index (Phi) is 3.95. The first-order valence-corrected chi connectivity index (χ1v) is 4.61. The summed E-state index contributed by atoms with van der Waals surface area (Å²) in [6.45, 7) is 0.407. The summed E-state index contributed by atoms with van der Waals surface area (Å²) in [4.78, 5) is 13.1. The molecule has 80 valence electrons. The average Bonchev–Trinajstić information content (AvgIpc) is 2.69. The Labute approximate surface area is 89.0 Å². The highest BCUT2D eigenvalue weighted by Gasteiger charge is 2.17. The lowest BCUT2D eigenvalue weighted by atomic mass is 10.2. The van der Waals surface area contributed by atoms with E-state index >= 15 is 0 Å². The summed E-state index contributed by atoms with van der Waals surface area (Å²) < 4.78 is 5.12. The molecule has 0 bridgehead atoms. The molecule has 1 atom stereocenters. The first-order valence-electron chi connectivity index (χ1n) is 4.61. The molecular weight excluding hydrogens is 192 g/mol. The summed E-state index contributed by atoms with van der Waals surface area (Å²) in [7, 11) is 1.67. The molecule has 0 radical (unpaired) electrons. The maximum absolute atomic E-state index is 11.6. The molecule has 1 aromatic heterocycles. The number of nitrogens with two attached hydrogens (primary N) is 1. The summed E-state index contributed by atoms with van der Waals surface area (Å²) in [5, 5.41) is 0. The van der Waals surface area contributed by atoms with E-state index in [0.717, 1.165) is 5.76 Å². The van der Waals surface area contributed by atoms with Crippen LogP contribution in [0.1, 0.15) is 12.2 Å². The summed E-state index contributed by atoms with van der Waals surface area (Å²) in [6, 6.07) is 2.95. The molecule has 0 saturated heterocycles. The van der Waals surface area contributed by atoms with Gasteiger partial charge in [-0.05, 0) is 12.1 Å². The molecule has 0 aliphatic carbocycles. The van der Waals surface area contributed by atoms with E-state index in [4.69, 9.17) is 16.6 Å². The number of furan rings is 1. The van der Waals surface area contributed by atoms with Crippen LogP contribution in [0.2, 0.25) is 0 Å². The van der Waals surface area contributed by atoms with Crippen molar-refractivity contribution in [2.24, 2.45) is 5.73 Å². The highest BCUT2D eigenvalue weighted by molar-refractivity contribution is 5.81. The van der Waals surface area contributed by atoms with Crippen LogP contribution in [0, 0.1) is 12.3 Å².